The van der Waals surface area contributed by atoms with E-state index >= 15 is 0 Å². The number of hydrogen-bond acceptors (Lipinski definition) is 2. The van der Waals surface area contributed by atoms with Gasteiger partial charge in [-0.25, -0.2) is 0 Å². The van der Waals surface area contributed by atoms with Gasteiger partial charge in [-0.05, 0) is 37.3 Å². The van der Waals surface area contributed by atoms with Crippen LogP contribution < -0.4 is 0 Å². The second-order valence-corrected chi connectivity index (χ2v) is 5.42. The highest BCUT2D eigenvalue weighted by atomic mass is 32.2. The van der Waals surface area contributed by atoms with Gasteiger partial charge in [-0.3, -0.25) is 4.79 Å². The molecule has 1 N–H and O–H groups in total. The maximum Gasteiger partial charge on any atom is 0.303 e. The molecular weight excluding hydrogens is 244 g/mol. The van der Waals surface area contributed by atoms with Crippen molar-refractivity contribution in [2.75, 3.05) is 0 Å². The molecule has 0 saturated heterocycles. The zero-order valence-electron chi connectivity index (χ0n) is 10.7. The minimum Gasteiger partial charge on any atom is -0.481 e. The first-order chi connectivity index (χ1) is 8.58. The Bertz CT molecular complexity index is 447. The Morgan fingerprint density at radius 3 is 2.44 bits per heavy atom. The van der Waals surface area contributed by atoms with Crippen molar-refractivity contribution < 1.29 is 9.90 Å². The van der Waals surface area contributed by atoms with E-state index in [4.69, 9.17) is 5.11 Å². The number of carboxylic acid groups (broad SMARTS) is 1. The molecule has 1 aromatic carbocycles. The minimum atomic E-state index is -0.748. The van der Waals surface area contributed by atoms with Crippen molar-refractivity contribution in [3.8, 4) is 0 Å². The average Bonchev–Trinajstić information content (AvgIpc) is 2.35. The molecule has 0 unspecified atom stereocenters. The summed E-state index contributed by atoms with van der Waals surface area (Å²) in [5, 5.41) is 8.59. The van der Waals surface area contributed by atoms with Crippen LogP contribution in [-0.2, 0) is 4.79 Å². The molecule has 1 rings (SSSR count). The summed E-state index contributed by atoms with van der Waals surface area (Å²) in [7, 11) is 0. The quantitative estimate of drug-likeness (QED) is 0.606. The van der Waals surface area contributed by atoms with Crippen LogP contribution in [0.4, 0.5) is 0 Å². The van der Waals surface area contributed by atoms with Crippen LogP contribution in [0.1, 0.15) is 26.7 Å². The summed E-state index contributed by atoms with van der Waals surface area (Å²) in [5.74, 6) is -0.748. The van der Waals surface area contributed by atoms with Gasteiger partial charge in [-0.2, -0.15) is 0 Å². The number of rotatable bonds is 6. The van der Waals surface area contributed by atoms with E-state index in [2.05, 4.69) is 19.1 Å². The van der Waals surface area contributed by atoms with E-state index in [1.54, 1.807) is 11.8 Å². The molecule has 0 aromatic heterocycles. The molecule has 0 aliphatic heterocycles. The molecule has 3 heteroatoms. The largest absolute Gasteiger partial charge is 0.481 e. The van der Waals surface area contributed by atoms with Crippen LogP contribution in [-0.4, -0.2) is 11.1 Å². The number of aliphatic carboxylic acids is 1. The number of allylic oxidation sites excluding steroid dienone is 4. The van der Waals surface area contributed by atoms with Gasteiger partial charge in [-0.1, -0.05) is 47.7 Å². The van der Waals surface area contributed by atoms with E-state index in [1.807, 2.05) is 37.3 Å². The van der Waals surface area contributed by atoms with Gasteiger partial charge >= 0.3 is 5.97 Å². The minimum absolute atomic E-state index is 0.195. The second kappa shape index (κ2) is 7.77. The maximum atomic E-state index is 10.4. The van der Waals surface area contributed by atoms with E-state index in [9.17, 15) is 4.79 Å². The Kier molecular flexibility index (Phi) is 6.29. The molecule has 0 aliphatic rings. The highest BCUT2D eigenvalue weighted by Crippen LogP contribution is 2.25. The first-order valence-corrected chi connectivity index (χ1v) is 6.68. The summed E-state index contributed by atoms with van der Waals surface area (Å²) < 4.78 is 0. The fourth-order valence-electron chi connectivity index (χ4n) is 1.36. The van der Waals surface area contributed by atoms with Crippen molar-refractivity contribution in [1.29, 1.82) is 0 Å². The molecule has 0 saturated carbocycles. The SMILES string of the molecule is C/C(=C\C=C(/C)Sc1ccccc1)CCC(=O)O. The third-order valence-corrected chi connectivity index (χ3v) is 3.32. The van der Waals surface area contributed by atoms with Crippen LogP contribution >= 0.6 is 11.8 Å². The third-order valence-electron chi connectivity index (χ3n) is 2.36. The molecule has 0 spiro atoms. The standard InChI is InChI=1S/C15H18O2S/c1-12(9-11-15(16)17)8-10-13(2)18-14-6-4-3-5-7-14/h3-8,10H,9,11H2,1-2H3,(H,16,17)/b12-8+,13-10+. The van der Waals surface area contributed by atoms with Gasteiger partial charge < -0.3 is 5.11 Å². The van der Waals surface area contributed by atoms with Crippen molar-refractivity contribution in [3.05, 3.63) is 53.0 Å². The number of thioether (sulfide) groups is 1. The predicted octanol–water partition coefficient (Wildman–Crippen LogP) is 4.49. The Hall–Kier alpha value is -1.48. The lowest BCUT2D eigenvalue weighted by Crippen LogP contribution is -1.93. The molecule has 1 aromatic rings. The number of carboxylic acids is 1. The van der Waals surface area contributed by atoms with Gasteiger partial charge in [0.2, 0.25) is 0 Å². The first-order valence-electron chi connectivity index (χ1n) is 5.86. The summed E-state index contributed by atoms with van der Waals surface area (Å²) >= 11 is 1.71. The van der Waals surface area contributed by atoms with E-state index < -0.39 is 5.97 Å². The lowest BCUT2D eigenvalue weighted by molar-refractivity contribution is -0.136. The van der Waals surface area contributed by atoms with Gasteiger partial charge in [0.1, 0.15) is 0 Å². The van der Waals surface area contributed by atoms with Crippen LogP contribution in [0, 0.1) is 0 Å². The number of benzene rings is 1. The Balaban J connectivity index is 2.50. The molecule has 0 bridgehead atoms. The van der Waals surface area contributed by atoms with Crippen molar-refractivity contribution in [2.24, 2.45) is 0 Å². The fourth-order valence-corrected chi connectivity index (χ4v) is 2.16. The van der Waals surface area contributed by atoms with Crippen LogP contribution in [0.2, 0.25) is 0 Å². The Morgan fingerprint density at radius 2 is 1.83 bits per heavy atom. The van der Waals surface area contributed by atoms with Crippen molar-refractivity contribution in [3.63, 3.8) is 0 Å². The monoisotopic (exact) mass is 262 g/mol. The summed E-state index contributed by atoms with van der Waals surface area (Å²) in [6.45, 7) is 4.01. The Morgan fingerprint density at radius 1 is 1.17 bits per heavy atom. The van der Waals surface area contributed by atoms with Crippen LogP contribution in [0.25, 0.3) is 0 Å². The fraction of sp³-hybridized carbons (Fsp3) is 0.267. The highest BCUT2D eigenvalue weighted by Gasteiger charge is 1.97. The van der Waals surface area contributed by atoms with E-state index in [1.165, 1.54) is 9.80 Å². The van der Waals surface area contributed by atoms with Crippen LogP contribution in [0.15, 0.2) is 57.9 Å². The average molecular weight is 262 g/mol. The van der Waals surface area contributed by atoms with Crippen LogP contribution in [0.5, 0.6) is 0 Å². The van der Waals surface area contributed by atoms with Crippen molar-refractivity contribution in [1.82, 2.24) is 0 Å². The third kappa shape index (κ3) is 6.30. The Labute approximate surface area is 112 Å². The smallest absolute Gasteiger partial charge is 0.303 e. The van der Waals surface area contributed by atoms with Gasteiger partial charge in [0.05, 0.1) is 0 Å². The van der Waals surface area contributed by atoms with Crippen LogP contribution in [0.3, 0.4) is 0 Å². The molecule has 0 aliphatic carbocycles. The molecule has 0 amide bonds. The summed E-state index contributed by atoms with van der Waals surface area (Å²) in [5.41, 5.74) is 1.09. The maximum absolute atomic E-state index is 10.4. The van der Waals surface area contributed by atoms with Crippen molar-refractivity contribution >= 4 is 17.7 Å². The van der Waals surface area contributed by atoms with Gasteiger partial charge in [0.15, 0.2) is 0 Å². The van der Waals surface area contributed by atoms with Crippen molar-refractivity contribution in [2.45, 2.75) is 31.6 Å². The van der Waals surface area contributed by atoms with E-state index in [0.717, 1.165) is 5.57 Å². The van der Waals surface area contributed by atoms with Gasteiger partial charge in [-0.15, -0.1) is 0 Å². The number of hydrogen-bond donors (Lipinski definition) is 1. The molecule has 0 radical (unpaired) electrons. The molecular formula is C15H18O2S. The van der Waals surface area contributed by atoms with Gasteiger partial charge in [0.25, 0.3) is 0 Å². The predicted molar refractivity (Wildman–Crippen MR) is 76.7 cm³/mol. The molecule has 0 heterocycles. The summed E-state index contributed by atoms with van der Waals surface area (Å²) in [6, 6.07) is 10.2. The molecule has 0 atom stereocenters. The zero-order chi connectivity index (χ0) is 13.4. The van der Waals surface area contributed by atoms with E-state index in [-0.39, 0.29) is 6.42 Å². The molecule has 2 nitrogen and oxygen atoms in total. The topological polar surface area (TPSA) is 37.3 Å². The second-order valence-electron chi connectivity index (χ2n) is 4.10. The summed E-state index contributed by atoms with van der Waals surface area (Å²) in [6.07, 6.45) is 4.83. The lowest BCUT2D eigenvalue weighted by Gasteiger charge is -2.00. The van der Waals surface area contributed by atoms with E-state index in [0.29, 0.717) is 6.42 Å². The molecule has 96 valence electrons. The number of carbonyl (C=O) groups is 1. The normalized spacial score (nSPS) is 12.6. The first kappa shape index (κ1) is 14.6. The molecule has 0 fully saturated rings. The highest BCUT2D eigenvalue weighted by molar-refractivity contribution is 8.03. The zero-order valence-corrected chi connectivity index (χ0v) is 11.5. The molecule has 18 heavy (non-hydrogen) atoms. The summed E-state index contributed by atoms with van der Waals surface area (Å²) in [4.78, 5) is 12.8. The lowest BCUT2D eigenvalue weighted by atomic mass is 10.1. The van der Waals surface area contributed by atoms with Gasteiger partial charge in [0, 0.05) is 11.3 Å².